The normalized spacial score (nSPS) is 14.6. The Bertz CT molecular complexity index is 338. The van der Waals surface area contributed by atoms with Crippen LogP contribution in [0.25, 0.3) is 0 Å². The molecule has 1 amide bonds. The van der Waals surface area contributed by atoms with Crippen LogP contribution in [0.1, 0.15) is 0 Å². The minimum atomic E-state index is -0.116. The van der Waals surface area contributed by atoms with Gasteiger partial charge in [0.2, 0.25) is 0 Å². The highest BCUT2D eigenvalue weighted by Crippen LogP contribution is 2.29. The van der Waals surface area contributed by atoms with E-state index in [0.29, 0.717) is 11.4 Å². The van der Waals surface area contributed by atoms with E-state index in [9.17, 15) is 4.79 Å². The summed E-state index contributed by atoms with van der Waals surface area (Å²) in [5.74, 6) is 0.566. The highest BCUT2D eigenvalue weighted by Gasteiger charge is 2.14. The van der Waals surface area contributed by atoms with Gasteiger partial charge in [-0.3, -0.25) is 4.79 Å². The van der Waals surface area contributed by atoms with Crippen LogP contribution in [0, 0.1) is 0 Å². The number of amides is 1. The molecule has 1 aliphatic heterocycles. The molecule has 0 radical (unpaired) electrons. The third kappa shape index (κ3) is 1.25. The molecule has 3 nitrogen and oxygen atoms in total. The van der Waals surface area contributed by atoms with E-state index in [1.165, 1.54) is 0 Å². The van der Waals surface area contributed by atoms with Gasteiger partial charge in [-0.05, 0) is 18.2 Å². The van der Waals surface area contributed by atoms with Crippen molar-refractivity contribution in [1.29, 1.82) is 0 Å². The van der Waals surface area contributed by atoms with Crippen LogP contribution in [-0.2, 0) is 4.79 Å². The number of nitrogens with one attached hydrogen (secondary N) is 1. The van der Waals surface area contributed by atoms with Crippen LogP contribution < -0.4 is 10.1 Å². The monoisotopic (exact) mass is 181 g/mol. The SMILES string of the molecule is O=C1COc2cc(S)ccc2N1. The number of rotatable bonds is 0. The number of ether oxygens (including phenoxy) is 1. The van der Waals surface area contributed by atoms with Crippen LogP contribution in [-0.4, -0.2) is 12.5 Å². The average Bonchev–Trinajstić information content (AvgIpc) is 2.05. The van der Waals surface area contributed by atoms with Crippen molar-refractivity contribution >= 4 is 24.2 Å². The predicted molar refractivity (Wildman–Crippen MR) is 47.8 cm³/mol. The lowest BCUT2D eigenvalue weighted by atomic mass is 10.2. The molecule has 0 saturated heterocycles. The average molecular weight is 181 g/mol. The first kappa shape index (κ1) is 7.49. The van der Waals surface area contributed by atoms with E-state index in [2.05, 4.69) is 17.9 Å². The second kappa shape index (κ2) is 2.71. The van der Waals surface area contributed by atoms with E-state index < -0.39 is 0 Å². The summed E-state index contributed by atoms with van der Waals surface area (Å²) in [4.78, 5) is 11.7. The summed E-state index contributed by atoms with van der Waals surface area (Å²) in [6.45, 7) is 0.0875. The first-order valence-corrected chi connectivity index (χ1v) is 3.96. The van der Waals surface area contributed by atoms with E-state index in [4.69, 9.17) is 4.74 Å². The van der Waals surface area contributed by atoms with Crippen LogP contribution in [0.3, 0.4) is 0 Å². The Morgan fingerprint density at radius 3 is 3.17 bits per heavy atom. The standard InChI is InChI=1S/C8H7NO2S/c10-8-4-11-7-3-5(12)1-2-6(7)9-8/h1-3,12H,4H2,(H,9,10). The van der Waals surface area contributed by atoms with Crippen molar-refractivity contribution in [2.24, 2.45) is 0 Å². The first-order valence-electron chi connectivity index (χ1n) is 3.51. The zero-order valence-electron chi connectivity index (χ0n) is 6.20. The van der Waals surface area contributed by atoms with E-state index >= 15 is 0 Å². The molecular weight excluding hydrogens is 174 g/mol. The van der Waals surface area contributed by atoms with E-state index in [-0.39, 0.29) is 12.5 Å². The summed E-state index contributed by atoms with van der Waals surface area (Å²) in [7, 11) is 0. The maximum absolute atomic E-state index is 10.9. The maximum Gasteiger partial charge on any atom is 0.262 e. The molecular formula is C8H7NO2S. The van der Waals surface area contributed by atoms with Gasteiger partial charge in [0.15, 0.2) is 6.61 Å². The lowest BCUT2D eigenvalue weighted by molar-refractivity contribution is -0.118. The van der Waals surface area contributed by atoms with E-state index in [0.717, 1.165) is 4.90 Å². The van der Waals surface area contributed by atoms with Gasteiger partial charge in [0, 0.05) is 4.90 Å². The Labute approximate surface area is 75.1 Å². The molecule has 1 N–H and O–H groups in total. The highest BCUT2D eigenvalue weighted by atomic mass is 32.1. The van der Waals surface area contributed by atoms with Gasteiger partial charge in [-0.1, -0.05) is 0 Å². The molecule has 1 heterocycles. The zero-order valence-corrected chi connectivity index (χ0v) is 7.10. The fourth-order valence-corrected chi connectivity index (χ4v) is 1.26. The number of carbonyl (C=O) groups is 1. The van der Waals surface area contributed by atoms with Crippen molar-refractivity contribution in [3.63, 3.8) is 0 Å². The Balaban J connectivity index is 2.43. The number of fused-ring (bicyclic) bond motifs is 1. The zero-order chi connectivity index (χ0) is 8.55. The Morgan fingerprint density at radius 1 is 1.50 bits per heavy atom. The van der Waals surface area contributed by atoms with Crippen molar-refractivity contribution in [2.75, 3.05) is 11.9 Å². The molecule has 0 saturated carbocycles. The Hall–Kier alpha value is -1.16. The molecule has 1 aromatic carbocycles. The van der Waals surface area contributed by atoms with Crippen LogP contribution in [0.5, 0.6) is 5.75 Å². The Morgan fingerprint density at radius 2 is 2.33 bits per heavy atom. The molecule has 1 aromatic rings. The minimum absolute atomic E-state index is 0.0875. The fraction of sp³-hybridized carbons (Fsp3) is 0.125. The first-order chi connectivity index (χ1) is 5.75. The lowest BCUT2D eigenvalue weighted by Crippen LogP contribution is -2.25. The van der Waals surface area contributed by atoms with Gasteiger partial charge < -0.3 is 10.1 Å². The second-order valence-corrected chi connectivity index (χ2v) is 3.03. The van der Waals surface area contributed by atoms with Crippen LogP contribution >= 0.6 is 12.6 Å². The number of hydrogen-bond donors (Lipinski definition) is 2. The summed E-state index contributed by atoms with van der Waals surface area (Å²) >= 11 is 4.15. The summed E-state index contributed by atoms with van der Waals surface area (Å²) < 4.78 is 5.16. The number of thiol groups is 1. The molecule has 0 aromatic heterocycles. The van der Waals surface area contributed by atoms with Crippen LogP contribution in [0.2, 0.25) is 0 Å². The minimum Gasteiger partial charge on any atom is -0.482 e. The molecule has 0 fully saturated rings. The molecule has 1 aliphatic rings. The topological polar surface area (TPSA) is 38.3 Å². The summed E-state index contributed by atoms with van der Waals surface area (Å²) in [6, 6.07) is 5.35. The maximum atomic E-state index is 10.9. The molecule has 62 valence electrons. The van der Waals surface area contributed by atoms with Crippen molar-refractivity contribution in [1.82, 2.24) is 0 Å². The molecule has 12 heavy (non-hydrogen) atoms. The molecule has 4 heteroatoms. The highest BCUT2D eigenvalue weighted by molar-refractivity contribution is 7.80. The van der Waals surface area contributed by atoms with Gasteiger partial charge in [0.1, 0.15) is 5.75 Å². The molecule has 2 rings (SSSR count). The smallest absolute Gasteiger partial charge is 0.262 e. The fourth-order valence-electron chi connectivity index (χ4n) is 1.06. The van der Waals surface area contributed by atoms with E-state index in [1.807, 2.05) is 0 Å². The number of anilines is 1. The van der Waals surface area contributed by atoms with Crippen molar-refractivity contribution in [3.8, 4) is 5.75 Å². The molecule has 0 aliphatic carbocycles. The summed E-state index contributed by atoms with van der Waals surface area (Å²) in [5, 5.41) is 2.69. The third-order valence-corrected chi connectivity index (χ3v) is 1.88. The van der Waals surface area contributed by atoms with Gasteiger partial charge in [0.25, 0.3) is 5.91 Å². The van der Waals surface area contributed by atoms with Crippen LogP contribution in [0.15, 0.2) is 23.1 Å². The van der Waals surface area contributed by atoms with E-state index in [1.54, 1.807) is 18.2 Å². The summed E-state index contributed by atoms with van der Waals surface area (Å²) in [6.07, 6.45) is 0. The van der Waals surface area contributed by atoms with Gasteiger partial charge >= 0.3 is 0 Å². The molecule has 0 atom stereocenters. The lowest BCUT2D eigenvalue weighted by Gasteiger charge is -2.17. The number of carbonyl (C=O) groups excluding carboxylic acids is 1. The molecule has 0 unspecified atom stereocenters. The van der Waals surface area contributed by atoms with Crippen molar-refractivity contribution in [2.45, 2.75) is 4.90 Å². The molecule has 0 bridgehead atoms. The van der Waals surface area contributed by atoms with Gasteiger partial charge in [-0.25, -0.2) is 0 Å². The largest absolute Gasteiger partial charge is 0.482 e. The molecule has 0 spiro atoms. The second-order valence-electron chi connectivity index (χ2n) is 2.52. The van der Waals surface area contributed by atoms with Gasteiger partial charge in [-0.15, -0.1) is 12.6 Å². The number of hydrogen-bond acceptors (Lipinski definition) is 3. The van der Waals surface area contributed by atoms with Gasteiger partial charge in [-0.2, -0.15) is 0 Å². The van der Waals surface area contributed by atoms with Crippen molar-refractivity contribution < 1.29 is 9.53 Å². The quantitative estimate of drug-likeness (QED) is 0.592. The Kier molecular flexibility index (Phi) is 1.69. The van der Waals surface area contributed by atoms with Gasteiger partial charge in [0.05, 0.1) is 5.69 Å². The number of benzene rings is 1. The summed E-state index contributed by atoms with van der Waals surface area (Å²) in [5.41, 5.74) is 0.712. The van der Waals surface area contributed by atoms with Crippen molar-refractivity contribution in [3.05, 3.63) is 18.2 Å². The predicted octanol–water partition coefficient (Wildman–Crippen LogP) is 1.31. The third-order valence-electron chi connectivity index (χ3n) is 1.60. The van der Waals surface area contributed by atoms with Crippen LogP contribution in [0.4, 0.5) is 5.69 Å².